The first kappa shape index (κ1) is 21.6. The molecule has 0 saturated carbocycles. The van der Waals surface area contributed by atoms with Crippen LogP contribution in [0, 0.1) is 5.41 Å². The maximum Gasteiger partial charge on any atom is 0.113 e. The second-order valence-corrected chi connectivity index (χ2v) is 11.3. The Morgan fingerprint density at radius 3 is 2.64 bits per heavy atom. The van der Waals surface area contributed by atoms with Crippen LogP contribution in [0.4, 0.5) is 5.69 Å². The highest BCUT2D eigenvalue weighted by Crippen LogP contribution is 2.34. The van der Waals surface area contributed by atoms with Crippen LogP contribution in [0.2, 0.25) is 0 Å². The lowest BCUT2D eigenvalue weighted by molar-refractivity contribution is 0.126. The van der Waals surface area contributed by atoms with Gasteiger partial charge < -0.3 is 9.88 Å². The summed E-state index contributed by atoms with van der Waals surface area (Å²) >= 11 is 0. The van der Waals surface area contributed by atoms with Gasteiger partial charge in [-0.1, -0.05) is 31.2 Å². The third kappa shape index (κ3) is 4.15. The van der Waals surface area contributed by atoms with E-state index in [2.05, 4.69) is 85.5 Å². The lowest BCUT2D eigenvalue weighted by Crippen LogP contribution is -2.36. The maximum absolute atomic E-state index is 4.51. The number of rotatable bonds is 6. The van der Waals surface area contributed by atoms with Gasteiger partial charge in [-0.2, -0.15) is 5.10 Å². The van der Waals surface area contributed by atoms with E-state index in [0.29, 0.717) is 12.0 Å². The number of nitrogens with zero attached hydrogens (tertiary/aromatic N) is 6. The molecule has 2 N–H and O–H groups in total. The van der Waals surface area contributed by atoms with Gasteiger partial charge in [-0.25, -0.2) is 4.68 Å². The van der Waals surface area contributed by atoms with E-state index in [9.17, 15) is 0 Å². The fraction of sp³-hybridized carbons (Fsp3) is 0.393. The van der Waals surface area contributed by atoms with Gasteiger partial charge >= 0.3 is 0 Å². The van der Waals surface area contributed by atoms with E-state index in [4.69, 9.17) is 0 Å². The van der Waals surface area contributed by atoms with Crippen molar-refractivity contribution < 1.29 is 0 Å². The summed E-state index contributed by atoms with van der Waals surface area (Å²) in [5, 5.41) is 18.7. The van der Waals surface area contributed by atoms with Crippen LogP contribution in [0.1, 0.15) is 37.9 Å². The molecular formula is C28H32N8. The number of hydrogen-bond donors (Lipinski definition) is 2. The molecule has 2 saturated heterocycles. The molecule has 2 aromatic carbocycles. The summed E-state index contributed by atoms with van der Waals surface area (Å²) in [6, 6.07) is 13.3. The summed E-state index contributed by atoms with van der Waals surface area (Å²) in [6.07, 6.45) is 6.45. The predicted molar refractivity (Wildman–Crippen MR) is 143 cm³/mol. The molecule has 2 aliphatic rings. The molecule has 8 nitrogen and oxygen atoms in total. The fourth-order valence-electron chi connectivity index (χ4n) is 5.40. The Labute approximate surface area is 210 Å². The molecule has 2 fully saturated rings. The molecule has 0 amide bonds. The zero-order valence-corrected chi connectivity index (χ0v) is 21.0. The van der Waals surface area contributed by atoms with E-state index < -0.39 is 0 Å². The number of aromatic nitrogens is 6. The van der Waals surface area contributed by atoms with E-state index in [1.165, 1.54) is 53.8 Å². The van der Waals surface area contributed by atoms with E-state index in [1.807, 2.05) is 17.1 Å². The first-order chi connectivity index (χ1) is 17.5. The van der Waals surface area contributed by atoms with Gasteiger partial charge in [0, 0.05) is 47.5 Å². The minimum absolute atomic E-state index is 0.482. The van der Waals surface area contributed by atoms with Gasteiger partial charge in [0.2, 0.25) is 0 Å². The number of likely N-dealkylation sites (tertiary alicyclic amines) is 1. The number of fused-ring (bicyclic) bond motifs is 2. The van der Waals surface area contributed by atoms with Crippen LogP contribution in [0.25, 0.3) is 33.1 Å². The van der Waals surface area contributed by atoms with Crippen molar-refractivity contribution in [1.82, 2.24) is 35.1 Å². The molecule has 184 valence electrons. The van der Waals surface area contributed by atoms with Crippen molar-refractivity contribution in [2.24, 2.45) is 5.41 Å². The van der Waals surface area contributed by atoms with Crippen LogP contribution in [0.5, 0.6) is 0 Å². The fourth-order valence-corrected chi connectivity index (χ4v) is 5.40. The Kier molecular flexibility index (Phi) is 4.92. The van der Waals surface area contributed by atoms with Crippen molar-refractivity contribution in [2.75, 3.05) is 31.1 Å². The summed E-state index contributed by atoms with van der Waals surface area (Å²) < 4.78 is 1.92. The zero-order chi connectivity index (χ0) is 24.3. The first-order valence-corrected chi connectivity index (χ1v) is 12.9. The third-order valence-corrected chi connectivity index (χ3v) is 7.86. The van der Waals surface area contributed by atoms with Crippen LogP contribution < -0.4 is 4.90 Å². The molecule has 2 aliphatic heterocycles. The van der Waals surface area contributed by atoms with Crippen molar-refractivity contribution in [3.63, 3.8) is 0 Å². The average Bonchev–Trinajstić information content (AvgIpc) is 3.24. The molecule has 0 radical (unpaired) electrons. The molecule has 3 aromatic heterocycles. The zero-order valence-electron chi connectivity index (χ0n) is 21.0. The van der Waals surface area contributed by atoms with Crippen LogP contribution in [-0.2, 0) is 13.1 Å². The maximum atomic E-state index is 4.51. The molecule has 5 aromatic rings. The van der Waals surface area contributed by atoms with Crippen molar-refractivity contribution in [1.29, 1.82) is 0 Å². The second kappa shape index (κ2) is 8.20. The van der Waals surface area contributed by atoms with Gasteiger partial charge in [-0.15, -0.1) is 5.10 Å². The van der Waals surface area contributed by atoms with Crippen LogP contribution >= 0.6 is 0 Å². The summed E-state index contributed by atoms with van der Waals surface area (Å²) in [7, 11) is 0. The molecular weight excluding hydrogens is 448 g/mol. The number of nitrogens with one attached hydrogen (secondary N) is 2. The Bertz CT molecular complexity index is 1540. The average molecular weight is 481 g/mol. The molecule has 0 bridgehead atoms. The van der Waals surface area contributed by atoms with Crippen LogP contribution in [-0.4, -0.2) is 61.3 Å². The van der Waals surface area contributed by atoms with Crippen LogP contribution in [0.3, 0.4) is 0 Å². The molecule has 0 atom stereocenters. The largest absolute Gasteiger partial charge is 0.368 e. The molecule has 8 heteroatoms. The minimum Gasteiger partial charge on any atom is -0.368 e. The van der Waals surface area contributed by atoms with Crippen molar-refractivity contribution in [3.8, 4) is 11.3 Å². The van der Waals surface area contributed by atoms with Gasteiger partial charge in [-0.05, 0) is 66.6 Å². The SMILES string of the molecule is CC1(C)CCN(Cc2cc3ccc(Cn4cc(-c5cc(N6CC6)cc6[nH]ncc56)nn4)cc3[nH]2)CC1. The lowest BCUT2D eigenvalue weighted by atomic mass is 9.83. The molecule has 0 aliphatic carbocycles. The Hall–Kier alpha value is -3.65. The summed E-state index contributed by atoms with van der Waals surface area (Å²) in [5.74, 6) is 0. The van der Waals surface area contributed by atoms with E-state index in [0.717, 1.165) is 41.8 Å². The van der Waals surface area contributed by atoms with Gasteiger partial charge in [0.05, 0.1) is 24.5 Å². The summed E-state index contributed by atoms with van der Waals surface area (Å²) in [4.78, 5) is 8.56. The van der Waals surface area contributed by atoms with Gasteiger partial charge in [-0.3, -0.25) is 10.00 Å². The molecule has 5 heterocycles. The Morgan fingerprint density at radius 1 is 0.944 bits per heavy atom. The second-order valence-electron chi connectivity index (χ2n) is 11.3. The summed E-state index contributed by atoms with van der Waals surface area (Å²) in [5.41, 5.74) is 8.35. The molecule has 0 spiro atoms. The Balaban J connectivity index is 1.09. The minimum atomic E-state index is 0.482. The van der Waals surface area contributed by atoms with Crippen molar-refractivity contribution >= 4 is 27.5 Å². The first-order valence-electron chi connectivity index (χ1n) is 12.9. The molecule has 36 heavy (non-hydrogen) atoms. The standard InChI is InChI=1S/C28H32N8/c1-28(2)5-7-34(8-6-28)17-21-12-20-4-3-19(11-25(20)30-21)16-36-18-27(32-33-36)23-13-22(35-9-10-35)14-26-24(23)15-29-31-26/h3-4,11-15,18,30H,5-10,16-17H2,1-2H3,(H,29,31). The molecule has 7 rings (SSSR count). The highest BCUT2D eigenvalue weighted by Gasteiger charge is 2.25. The normalized spacial score (nSPS) is 17.9. The third-order valence-electron chi connectivity index (χ3n) is 7.86. The number of benzene rings is 2. The summed E-state index contributed by atoms with van der Waals surface area (Å²) in [6.45, 7) is 11.0. The number of hydrogen-bond acceptors (Lipinski definition) is 5. The van der Waals surface area contributed by atoms with E-state index >= 15 is 0 Å². The monoisotopic (exact) mass is 480 g/mol. The van der Waals surface area contributed by atoms with E-state index in [1.54, 1.807) is 0 Å². The number of anilines is 1. The number of H-pyrrole nitrogens is 2. The highest BCUT2D eigenvalue weighted by atomic mass is 15.4. The van der Waals surface area contributed by atoms with Gasteiger partial charge in [0.15, 0.2) is 0 Å². The van der Waals surface area contributed by atoms with E-state index in [-0.39, 0.29) is 0 Å². The quantitative estimate of drug-likeness (QED) is 0.342. The lowest BCUT2D eigenvalue weighted by Gasteiger charge is -2.36. The highest BCUT2D eigenvalue weighted by molar-refractivity contribution is 5.96. The number of aromatic amines is 2. The topological polar surface area (TPSA) is 81.4 Å². The van der Waals surface area contributed by atoms with Gasteiger partial charge in [0.25, 0.3) is 0 Å². The molecule has 0 unspecified atom stereocenters. The van der Waals surface area contributed by atoms with Crippen LogP contribution in [0.15, 0.2) is 48.8 Å². The van der Waals surface area contributed by atoms with Crippen molar-refractivity contribution in [2.45, 2.75) is 39.8 Å². The number of piperidine rings is 1. The van der Waals surface area contributed by atoms with Gasteiger partial charge in [0.1, 0.15) is 5.69 Å². The smallest absolute Gasteiger partial charge is 0.113 e. The Morgan fingerprint density at radius 2 is 1.81 bits per heavy atom. The van der Waals surface area contributed by atoms with Crippen molar-refractivity contribution in [3.05, 3.63) is 60.0 Å². The predicted octanol–water partition coefficient (Wildman–Crippen LogP) is 4.79.